The fourth-order valence-corrected chi connectivity index (χ4v) is 3.41. The number of fused-ring (bicyclic) bond motifs is 3. The fraction of sp³-hybridized carbons (Fsp3) is 0.158. The van der Waals surface area contributed by atoms with Crippen LogP contribution in [0.4, 0.5) is 4.39 Å². The first-order chi connectivity index (χ1) is 11.6. The fourth-order valence-electron chi connectivity index (χ4n) is 3.23. The number of benzene rings is 2. The van der Waals surface area contributed by atoms with Crippen LogP contribution in [0.5, 0.6) is 0 Å². The summed E-state index contributed by atoms with van der Waals surface area (Å²) in [5.74, 6) is 0.594. The van der Waals surface area contributed by atoms with Crippen LogP contribution < -0.4 is 0 Å². The first-order valence-electron chi connectivity index (χ1n) is 7.70. The van der Waals surface area contributed by atoms with Crippen LogP contribution in [0.15, 0.2) is 47.5 Å². The first kappa shape index (κ1) is 15.1. The number of aryl methyl sites for hydroxylation is 2. The van der Waals surface area contributed by atoms with Gasteiger partial charge >= 0.3 is 0 Å². The Balaban J connectivity index is 2.05. The number of halogens is 2. The van der Waals surface area contributed by atoms with Gasteiger partial charge < -0.3 is 0 Å². The molecule has 0 aliphatic carbocycles. The number of hydrogen-bond donors (Lipinski definition) is 0. The largest absolute Gasteiger partial charge is 0.298 e. The van der Waals surface area contributed by atoms with Crippen LogP contribution >= 0.6 is 11.6 Å². The molecule has 0 saturated carbocycles. The Kier molecular flexibility index (Phi) is 3.50. The molecule has 1 aliphatic rings. The monoisotopic (exact) mass is 339 g/mol. The Labute approximate surface area is 144 Å². The average molecular weight is 340 g/mol. The molecule has 2 heterocycles. The molecule has 4 rings (SSSR count). The molecule has 0 fully saturated rings. The predicted molar refractivity (Wildman–Crippen MR) is 93.8 cm³/mol. The van der Waals surface area contributed by atoms with Gasteiger partial charge in [-0.25, -0.2) is 9.37 Å². The zero-order valence-electron chi connectivity index (χ0n) is 13.3. The highest BCUT2D eigenvalue weighted by Crippen LogP contribution is 2.30. The first-order valence-corrected chi connectivity index (χ1v) is 8.08. The van der Waals surface area contributed by atoms with Gasteiger partial charge in [0.05, 0.1) is 29.3 Å². The van der Waals surface area contributed by atoms with Gasteiger partial charge in [-0.1, -0.05) is 23.7 Å². The standard InChI is InChI=1S/C19H15ClFN3/c1-11-18-10-22-19(14-5-3-4-6-16(14)21)15-9-13(20)7-8-17(15)24(18)12(2)23-11/h3-9H,10H2,1-2H3. The molecule has 0 spiro atoms. The lowest BCUT2D eigenvalue weighted by Crippen LogP contribution is -2.09. The molecule has 24 heavy (non-hydrogen) atoms. The molecule has 5 heteroatoms. The molecule has 3 nitrogen and oxygen atoms in total. The highest BCUT2D eigenvalue weighted by Gasteiger charge is 2.23. The van der Waals surface area contributed by atoms with Crippen LogP contribution in [-0.2, 0) is 6.54 Å². The Morgan fingerprint density at radius 3 is 2.67 bits per heavy atom. The molecule has 0 atom stereocenters. The molecule has 3 aromatic rings. The lowest BCUT2D eigenvalue weighted by molar-refractivity contribution is 0.625. The average Bonchev–Trinajstić information content (AvgIpc) is 2.74. The number of hydrogen-bond acceptors (Lipinski definition) is 2. The molecule has 0 bridgehead atoms. The Morgan fingerprint density at radius 2 is 1.88 bits per heavy atom. The zero-order valence-corrected chi connectivity index (χ0v) is 14.1. The van der Waals surface area contributed by atoms with Crippen molar-refractivity contribution < 1.29 is 4.39 Å². The van der Waals surface area contributed by atoms with Crippen LogP contribution in [0.2, 0.25) is 5.02 Å². The van der Waals surface area contributed by atoms with E-state index in [1.54, 1.807) is 12.1 Å². The smallest absolute Gasteiger partial charge is 0.132 e. The Morgan fingerprint density at radius 1 is 1.08 bits per heavy atom. The van der Waals surface area contributed by atoms with Crippen molar-refractivity contribution in [2.45, 2.75) is 20.4 Å². The highest BCUT2D eigenvalue weighted by molar-refractivity contribution is 6.31. The summed E-state index contributed by atoms with van der Waals surface area (Å²) in [4.78, 5) is 9.27. The lowest BCUT2D eigenvalue weighted by Gasteiger charge is -2.14. The van der Waals surface area contributed by atoms with Gasteiger partial charge in [-0.05, 0) is 44.2 Å². The molecule has 2 aromatic carbocycles. The minimum Gasteiger partial charge on any atom is -0.298 e. The number of aliphatic imine (C=N–C) groups is 1. The highest BCUT2D eigenvalue weighted by atomic mass is 35.5. The quantitative estimate of drug-likeness (QED) is 0.635. The zero-order chi connectivity index (χ0) is 16.8. The van der Waals surface area contributed by atoms with Crippen molar-refractivity contribution in [3.8, 4) is 5.69 Å². The van der Waals surface area contributed by atoms with Gasteiger partial charge in [0, 0.05) is 16.1 Å². The summed E-state index contributed by atoms with van der Waals surface area (Å²) in [6.07, 6.45) is 0. The van der Waals surface area contributed by atoms with E-state index in [2.05, 4.69) is 9.55 Å². The van der Waals surface area contributed by atoms with Gasteiger partial charge in [-0.3, -0.25) is 9.56 Å². The van der Waals surface area contributed by atoms with Crippen LogP contribution in [0, 0.1) is 19.7 Å². The molecule has 0 unspecified atom stereocenters. The maximum absolute atomic E-state index is 14.4. The minimum absolute atomic E-state index is 0.291. The number of nitrogens with zero attached hydrogens (tertiary/aromatic N) is 3. The van der Waals surface area contributed by atoms with Crippen molar-refractivity contribution in [3.63, 3.8) is 0 Å². The lowest BCUT2D eigenvalue weighted by atomic mass is 10.00. The van der Waals surface area contributed by atoms with Gasteiger partial charge in [0.15, 0.2) is 0 Å². The second-order valence-corrected chi connectivity index (χ2v) is 6.27. The van der Waals surface area contributed by atoms with Crippen molar-refractivity contribution in [1.29, 1.82) is 0 Å². The van der Waals surface area contributed by atoms with E-state index in [9.17, 15) is 4.39 Å². The Bertz CT molecular complexity index is 988. The van der Waals surface area contributed by atoms with Gasteiger partial charge in [-0.2, -0.15) is 0 Å². The summed E-state index contributed by atoms with van der Waals surface area (Å²) in [6, 6.07) is 12.3. The molecule has 0 radical (unpaired) electrons. The third-order valence-corrected chi connectivity index (χ3v) is 4.55. The Hall–Kier alpha value is -2.46. The topological polar surface area (TPSA) is 30.2 Å². The van der Waals surface area contributed by atoms with E-state index in [0.29, 0.717) is 22.8 Å². The maximum Gasteiger partial charge on any atom is 0.132 e. The second-order valence-electron chi connectivity index (χ2n) is 5.83. The SMILES string of the molecule is Cc1nc(C)n2c1CN=C(c1ccccc1F)c1cc(Cl)ccc1-2. The van der Waals surface area contributed by atoms with E-state index >= 15 is 0 Å². The second kappa shape index (κ2) is 5.56. The van der Waals surface area contributed by atoms with Crippen molar-refractivity contribution >= 4 is 17.3 Å². The van der Waals surface area contributed by atoms with Crippen LogP contribution in [0.1, 0.15) is 28.3 Å². The maximum atomic E-state index is 14.4. The van der Waals surface area contributed by atoms with Crippen LogP contribution in [0.25, 0.3) is 5.69 Å². The molecule has 1 aliphatic heterocycles. The van der Waals surface area contributed by atoms with Gasteiger partial charge in [-0.15, -0.1) is 0 Å². The van der Waals surface area contributed by atoms with E-state index in [0.717, 1.165) is 28.5 Å². The molecular weight excluding hydrogens is 325 g/mol. The van der Waals surface area contributed by atoms with Crippen LogP contribution in [-0.4, -0.2) is 15.3 Å². The summed E-state index contributed by atoms with van der Waals surface area (Å²) in [5, 5.41) is 0.593. The number of aromatic nitrogens is 2. The molecule has 0 amide bonds. The summed E-state index contributed by atoms with van der Waals surface area (Å²) < 4.78 is 16.5. The van der Waals surface area contributed by atoms with Crippen molar-refractivity contribution in [2.75, 3.05) is 0 Å². The van der Waals surface area contributed by atoms with Gasteiger partial charge in [0.2, 0.25) is 0 Å². The minimum atomic E-state index is -0.291. The molecular formula is C19H15ClFN3. The third kappa shape index (κ3) is 2.26. The van der Waals surface area contributed by atoms with E-state index in [1.807, 2.05) is 38.1 Å². The normalized spacial score (nSPS) is 13.1. The molecule has 0 N–H and O–H groups in total. The summed E-state index contributed by atoms with van der Waals surface area (Å²) >= 11 is 6.22. The molecule has 1 aromatic heterocycles. The number of imidazole rings is 1. The summed E-state index contributed by atoms with van der Waals surface area (Å²) in [5.41, 5.74) is 4.79. The van der Waals surface area contributed by atoms with Gasteiger partial charge in [0.25, 0.3) is 0 Å². The van der Waals surface area contributed by atoms with E-state index in [-0.39, 0.29) is 5.82 Å². The van der Waals surface area contributed by atoms with Crippen LogP contribution in [0.3, 0.4) is 0 Å². The van der Waals surface area contributed by atoms with Gasteiger partial charge in [0.1, 0.15) is 11.6 Å². The van der Waals surface area contributed by atoms with Crippen molar-refractivity contribution in [2.24, 2.45) is 4.99 Å². The van der Waals surface area contributed by atoms with E-state index in [4.69, 9.17) is 16.6 Å². The van der Waals surface area contributed by atoms with E-state index in [1.165, 1.54) is 6.07 Å². The summed E-state index contributed by atoms with van der Waals surface area (Å²) in [6.45, 7) is 4.38. The molecule has 0 saturated heterocycles. The van der Waals surface area contributed by atoms with Crippen molar-refractivity contribution in [1.82, 2.24) is 9.55 Å². The molecule has 120 valence electrons. The summed E-state index contributed by atoms with van der Waals surface area (Å²) in [7, 11) is 0. The predicted octanol–water partition coefficient (Wildman–Crippen LogP) is 4.63. The van der Waals surface area contributed by atoms with E-state index < -0.39 is 0 Å². The number of rotatable bonds is 1. The third-order valence-electron chi connectivity index (χ3n) is 4.31. The van der Waals surface area contributed by atoms with Crippen molar-refractivity contribution in [3.05, 3.63) is 81.6 Å².